The molecule has 3 aromatic carbocycles. The van der Waals surface area contributed by atoms with Gasteiger partial charge in [-0.25, -0.2) is 0 Å². The molecule has 0 spiro atoms. The molecule has 1 saturated heterocycles. The van der Waals surface area contributed by atoms with Crippen molar-refractivity contribution in [1.82, 2.24) is 0 Å². The van der Waals surface area contributed by atoms with Crippen LogP contribution in [0.1, 0.15) is 17.2 Å². The average Bonchev–Trinajstić information content (AvgIpc) is 3.05. The lowest BCUT2D eigenvalue weighted by molar-refractivity contribution is -0.132. The molecular formula is C24H17BrClNO4. The summed E-state index contributed by atoms with van der Waals surface area (Å²) in [6.45, 7) is 0. The second-order valence-corrected chi connectivity index (χ2v) is 8.23. The van der Waals surface area contributed by atoms with Crippen LogP contribution in [-0.4, -0.2) is 23.9 Å². The van der Waals surface area contributed by atoms with Crippen molar-refractivity contribution < 1.29 is 19.4 Å². The number of methoxy groups -OCH3 is 1. The van der Waals surface area contributed by atoms with Gasteiger partial charge in [0, 0.05) is 15.7 Å². The third kappa shape index (κ3) is 3.84. The normalized spacial score (nSPS) is 17.8. The number of amides is 1. The number of anilines is 1. The van der Waals surface area contributed by atoms with Crippen molar-refractivity contribution in [1.29, 1.82) is 0 Å². The summed E-state index contributed by atoms with van der Waals surface area (Å²) >= 11 is 9.50. The fourth-order valence-electron chi connectivity index (χ4n) is 3.61. The maximum atomic E-state index is 13.1. The summed E-state index contributed by atoms with van der Waals surface area (Å²) in [4.78, 5) is 27.6. The zero-order valence-corrected chi connectivity index (χ0v) is 18.7. The van der Waals surface area contributed by atoms with E-state index in [0.29, 0.717) is 27.6 Å². The van der Waals surface area contributed by atoms with Gasteiger partial charge in [-0.2, -0.15) is 0 Å². The van der Waals surface area contributed by atoms with Crippen LogP contribution in [0.4, 0.5) is 5.69 Å². The lowest BCUT2D eigenvalue weighted by Gasteiger charge is -2.25. The van der Waals surface area contributed by atoms with Gasteiger partial charge in [0.25, 0.3) is 11.7 Å². The number of benzene rings is 3. The van der Waals surface area contributed by atoms with E-state index >= 15 is 0 Å². The van der Waals surface area contributed by atoms with E-state index in [2.05, 4.69) is 15.9 Å². The van der Waals surface area contributed by atoms with E-state index < -0.39 is 17.7 Å². The first kappa shape index (κ1) is 21.2. The number of para-hydroxylation sites is 1. The van der Waals surface area contributed by atoms with Gasteiger partial charge < -0.3 is 9.84 Å². The Bertz CT molecular complexity index is 1190. The molecule has 3 aromatic rings. The highest BCUT2D eigenvalue weighted by molar-refractivity contribution is 9.10. The summed E-state index contributed by atoms with van der Waals surface area (Å²) < 4.78 is 6.09. The van der Waals surface area contributed by atoms with Crippen molar-refractivity contribution in [3.8, 4) is 5.75 Å². The van der Waals surface area contributed by atoms with E-state index in [1.807, 2.05) is 30.3 Å². The largest absolute Gasteiger partial charge is 0.507 e. The van der Waals surface area contributed by atoms with Crippen LogP contribution in [0.25, 0.3) is 5.76 Å². The topological polar surface area (TPSA) is 66.8 Å². The Morgan fingerprint density at radius 2 is 1.71 bits per heavy atom. The van der Waals surface area contributed by atoms with Gasteiger partial charge in [-0.05, 0) is 48.0 Å². The van der Waals surface area contributed by atoms with Crippen molar-refractivity contribution in [3.05, 3.63) is 99.0 Å². The summed E-state index contributed by atoms with van der Waals surface area (Å²) in [5.41, 5.74) is 1.58. The molecule has 1 aliphatic heterocycles. The van der Waals surface area contributed by atoms with E-state index in [4.69, 9.17) is 16.3 Å². The van der Waals surface area contributed by atoms with Gasteiger partial charge in [-0.1, -0.05) is 57.9 Å². The molecule has 0 aliphatic carbocycles. The van der Waals surface area contributed by atoms with Crippen LogP contribution in [0.3, 0.4) is 0 Å². The molecule has 1 unspecified atom stereocenters. The summed E-state index contributed by atoms with van der Waals surface area (Å²) in [6, 6.07) is 20.1. The minimum Gasteiger partial charge on any atom is -0.507 e. The predicted molar refractivity (Wildman–Crippen MR) is 123 cm³/mol. The van der Waals surface area contributed by atoms with Crippen molar-refractivity contribution in [2.45, 2.75) is 6.04 Å². The van der Waals surface area contributed by atoms with Gasteiger partial charge in [0.05, 0.1) is 23.7 Å². The van der Waals surface area contributed by atoms with Crippen LogP contribution >= 0.6 is 27.5 Å². The van der Waals surface area contributed by atoms with Gasteiger partial charge in [-0.3, -0.25) is 14.5 Å². The fraction of sp³-hybridized carbons (Fsp3) is 0.0833. The number of hydrogen-bond donors (Lipinski definition) is 1. The van der Waals surface area contributed by atoms with Crippen molar-refractivity contribution >= 4 is 50.7 Å². The Morgan fingerprint density at radius 1 is 1.03 bits per heavy atom. The number of ether oxygens (including phenoxy) is 1. The molecular weight excluding hydrogens is 482 g/mol. The molecule has 156 valence electrons. The molecule has 5 nitrogen and oxygen atoms in total. The van der Waals surface area contributed by atoms with Crippen molar-refractivity contribution in [2.75, 3.05) is 12.0 Å². The maximum absolute atomic E-state index is 13.1. The zero-order valence-electron chi connectivity index (χ0n) is 16.4. The van der Waals surface area contributed by atoms with Crippen LogP contribution in [-0.2, 0) is 9.59 Å². The Labute approximate surface area is 192 Å². The molecule has 1 atom stereocenters. The van der Waals surface area contributed by atoms with Gasteiger partial charge in [0.2, 0.25) is 0 Å². The number of aliphatic hydroxyl groups is 1. The lowest BCUT2D eigenvalue weighted by atomic mass is 9.95. The molecule has 7 heteroatoms. The molecule has 1 N–H and O–H groups in total. The highest BCUT2D eigenvalue weighted by Crippen LogP contribution is 2.42. The summed E-state index contributed by atoms with van der Waals surface area (Å²) in [7, 11) is 1.46. The third-order valence-electron chi connectivity index (χ3n) is 5.09. The van der Waals surface area contributed by atoms with Gasteiger partial charge >= 0.3 is 0 Å². The molecule has 1 fully saturated rings. The van der Waals surface area contributed by atoms with E-state index in [9.17, 15) is 14.7 Å². The molecule has 1 amide bonds. The predicted octanol–water partition coefficient (Wildman–Crippen LogP) is 5.74. The first-order valence-corrected chi connectivity index (χ1v) is 10.5. The van der Waals surface area contributed by atoms with E-state index in [1.165, 1.54) is 18.1 Å². The first-order valence-electron chi connectivity index (χ1n) is 9.38. The monoisotopic (exact) mass is 497 g/mol. The molecule has 4 rings (SSSR count). The smallest absolute Gasteiger partial charge is 0.300 e. The molecule has 1 heterocycles. The Kier molecular flexibility index (Phi) is 5.85. The number of ketones is 1. The maximum Gasteiger partial charge on any atom is 0.300 e. The minimum absolute atomic E-state index is 0.000510. The van der Waals surface area contributed by atoms with Gasteiger partial charge in [-0.15, -0.1) is 0 Å². The lowest BCUT2D eigenvalue weighted by Crippen LogP contribution is -2.29. The molecule has 31 heavy (non-hydrogen) atoms. The number of aliphatic hydroxyl groups excluding tert-OH is 1. The van der Waals surface area contributed by atoms with Crippen molar-refractivity contribution in [3.63, 3.8) is 0 Å². The van der Waals surface area contributed by atoms with E-state index in [-0.39, 0.29) is 11.3 Å². The third-order valence-corrected chi connectivity index (χ3v) is 5.93. The fourth-order valence-corrected chi connectivity index (χ4v) is 4.07. The highest BCUT2D eigenvalue weighted by atomic mass is 79.9. The number of rotatable bonds is 4. The van der Waals surface area contributed by atoms with Gasteiger partial charge in [0.1, 0.15) is 11.5 Å². The number of hydrogen-bond acceptors (Lipinski definition) is 4. The quantitative estimate of drug-likeness (QED) is 0.283. The molecule has 0 saturated carbocycles. The summed E-state index contributed by atoms with van der Waals surface area (Å²) in [6.07, 6.45) is 0. The van der Waals surface area contributed by atoms with Crippen molar-refractivity contribution in [2.24, 2.45) is 0 Å². The molecule has 1 aliphatic rings. The van der Waals surface area contributed by atoms with Crippen LogP contribution in [0.15, 0.2) is 82.8 Å². The SMILES string of the molecule is COc1cc(/C(O)=C2/C(=O)C(=O)N(c3ccccc3)C2c2ccc(Br)cc2)ccc1Cl. The standard InChI is InChI=1S/C24H17BrClNO4/c1-31-19-13-15(9-12-18(19)26)22(28)20-21(14-7-10-16(25)11-8-14)27(24(30)23(20)29)17-5-3-2-4-6-17/h2-13,21,28H,1H3/b22-20-. The second-order valence-electron chi connectivity index (χ2n) is 6.91. The Balaban J connectivity index is 1.94. The highest BCUT2D eigenvalue weighted by Gasteiger charge is 2.46. The van der Waals surface area contributed by atoms with Crippen LogP contribution in [0.2, 0.25) is 5.02 Å². The van der Waals surface area contributed by atoms with Gasteiger partial charge in [0.15, 0.2) is 0 Å². The first-order chi connectivity index (χ1) is 14.9. The summed E-state index contributed by atoms with van der Waals surface area (Å²) in [5, 5.41) is 11.5. The number of Topliss-reactive ketones (excluding diaryl/α,β-unsaturated/α-hetero) is 1. The van der Waals surface area contributed by atoms with Crippen LogP contribution in [0.5, 0.6) is 5.75 Å². The van der Waals surface area contributed by atoms with E-state index in [0.717, 1.165) is 4.47 Å². The zero-order chi connectivity index (χ0) is 22.1. The van der Waals surface area contributed by atoms with Crippen LogP contribution in [0, 0.1) is 0 Å². The number of carbonyl (C=O) groups is 2. The number of nitrogens with zero attached hydrogens (tertiary/aromatic N) is 1. The number of carbonyl (C=O) groups excluding carboxylic acids is 2. The van der Waals surface area contributed by atoms with Crippen LogP contribution < -0.4 is 9.64 Å². The molecule has 0 aromatic heterocycles. The Morgan fingerprint density at radius 3 is 2.35 bits per heavy atom. The summed E-state index contributed by atoms with van der Waals surface area (Å²) in [5.74, 6) is -1.41. The average molecular weight is 499 g/mol. The van der Waals surface area contributed by atoms with E-state index in [1.54, 1.807) is 36.4 Å². The minimum atomic E-state index is -0.794. The molecule has 0 radical (unpaired) electrons. The molecule has 0 bridgehead atoms. The number of halogens is 2. The second kappa shape index (κ2) is 8.57. The Hall–Kier alpha value is -3.09.